The number of carbonyl (C=O) groups is 2. The Bertz CT molecular complexity index is 1210. The van der Waals surface area contributed by atoms with E-state index in [9.17, 15) is 14.0 Å². The van der Waals surface area contributed by atoms with Crippen LogP contribution in [0.2, 0.25) is 5.02 Å². The van der Waals surface area contributed by atoms with Gasteiger partial charge in [0.2, 0.25) is 0 Å². The first-order valence-corrected chi connectivity index (χ1v) is 11.7. The average Bonchev–Trinajstić information content (AvgIpc) is 2.86. The standard InChI is InChI=1S/C26H26ClFN4O3/c1-29-25(33)21-16-20(10-11-23(21)28)35-19-8-5-17(6-9-19)30-26(34)31-18-7-12-24(22(27)15-18)32-13-3-2-4-14-32/h5-12,15-16H,2-4,13-14H2,1H3,(H,29,33)(H2,30,31,34). The lowest BCUT2D eigenvalue weighted by Gasteiger charge is -2.29. The predicted molar refractivity (Wildman–Crippen MR) is 136 cm³/mol. The van der Waals surface area contributed by atoms with E-state index >= 15 is 0 Å². The summed E-state index contributed by atoms with van der Waals surface area (Å²) in [6.45, 7) is 1.98. The molecule has 3 N–H and O–H groups in total. The van der Waals surface area contributed by atoms with Gasteiger partial charge in [0.15, 0.2) is 0 Å². The molecule has 182 valence electrons. The number of ether oxygens (including phenoxy) is 1. The normalized spacial score (nSPS) is 13.2. The van der Waals surface area contributed by atoms with Gasteiger partial charge in [-0.1, -0.05) is 11.6 Å². The first kappa shape index (κ1) is 24.3. The summed E-state index contributed by atoms with van der Waals surface area (Å²) in [6.07, 6.45) is 3.55. The number of hydrogen-bond acceptors (Lipinski definition) is 4. The number of halogens is 2. The lowest BCUT2D eigenvalue weighted by molar-refractivity contribution is 0.0958. The molecule has 0 spiro atoms. The minimum absolute atomic E-state index is 0.107. The van der Waals surface area contributed by atoms with Gasteiger partial charge in [0.25, 0.3) is 5.91 Å². The number of rotatable bonds is 6. The largest absolute Gasteiger partial charge is 0.457 e. The molecule has 9 heteroatoms. The van der Waals surface area contributed by atoms with Crippen molar-refractivity contribution in [3.8, 4) is 11.5 Å². The van der Waals surface area contributed by atoms with Crippen molar-refractivity contribution in [3.63, 3.8) is 0 Å². The smallest absolute Gasteiger partial charge is 0.323 e. The van der Waals surface area contributed by atoms with Gasteiger partial charge < -0.3 is 25.6 Å². The third kappa shape index (κ3) is 6.22. The number of nitrogens with zero attached hydrogens (tertiary/aromatic N) is 1. The van der Waals surface area contributed by atoms with E-state index in [2.05, 4.69) is 20.9 Å². The zero-order valence-electron chi connectivity index (χ0n) is 19.2. The lowest BCUT2D eigenvalue weighted by Crippen LogP contribution is -2.29. The quantitative estimate of drug-likeness (QED) is 0.376. The number of urea groups is 1. The molecule has 1 aliphatic rings. The molecule has 0 atom stereocenters. The maximum Gasteiger partial charge on any atom is 0.323 e. The molecule has 35 heavy (non-hydrogen) atoms. The fourth-order valence-electron chi connectivity index (χ4n) is 3.89. The van der Waals surface area contributed by atoms with Gasteiger partial charge in [-0.25, -0.2) is 9.18 Å². The fraction of sp³-hybridized carbons (Fsp3) is 0.231. The highest BCUT2D eigenvalue weighted by Gasteiger charge is 2.15. The Morgan fingerprint density at radius 3 is 2.23 bits per heavy atom. The SMILES string of the molecule is CNC(=O)c1cc(Oc2ccc(NC(=O)Nc3ccc(N4CCCCC4)c(Cl)c3)cc2)ccc1F. The van der Waals surface area contributed by atoms with E-state index in [0.29, 0.717) is 27.9 Å². The molecule has 3 amide bonds. The molecule has 0 radical (unpaired) electrons. The predicted octanol–water partition coefficient (Wildman–Crippen LogP) is 6.27. The van der Waals surface area contributed by atoms with Crippen LogP contribution in [0.15, 0.2) is 60.7 Å². The summed E-state index contributed by atoms with van der Waals surface area (Å²) >= 11 is 6.46. The van der Waals surface area contributed by atoms with Crippen LogP contribution in [0.1, 0.15) is 29.6 Å². The van der Waals surface area contributed by atoms with Crippen molar-refractivity contribution in [2.45, 2.75) is 19.3 Å². The molecule has 1 aliphatic heterocycles. The number of anilines is 3. The van der Waals surface area contributed by atoms with Gasteiger partial charge in [-0.2, -0.15) is 0 Å². The number of nitrogens with one attached hydrogen (secondary N) is 3. The van der Waals surface area contributed by atoms with Crippen LogP contribution in [0.3, 0.4) is 0 Å². The zero-order valence-corrected chi connectivity index (χ0v) is 20.0. The van der Waals surface area contributed by atoms with E-state index in [4.69, 9.17) is 16.3 Å². The van der Waals surface area contributed by atoms with Crippen molar-refractivity contribution in [1.82, 2.24) is 5.32 Å². The fourth-order valence-corrected chi connectivity index (χ4v) is 4.19. The van der Waals surface area contributed by atoms with Gasteiger partial charge in [-0.05, 0) is 79.9 Å². The van der Waals surface area contributed by atoms with Crippen molar-refractivity contribution in [2.75, 3.05) is 35.7 Å². The Morgan fingerprint density at radius 2 is 1.54 bits per heavy atom. The highest BCUT2D eigenvalue weighted by molar-refractivity contribution is 6.33. The molecule has 3 aromatic rings. The Morgan fingerprint density at radius 1 is 0.886 bits per heavy atom. The van der Waals surface area contributed by atoms with Crippen molar-refractivity contribution in [2.24, 2.45) is 0 Å². The van der Waals surface area contributed by atoms with E-state index in [-0.39, 0.29) is 5.56 Å². The third-order valence-electron chi connectivity index (χ3n) is 5.66. The summed E-state index contributed by atoms with van der Waals surface area (Å²) < 4.78 is 19.5. The summed E-state index contributed by atoms with van der Waals surface area (Å²) in [7, 11) is 1.43. The molecular weight excluding hydrogens is 471 g/mol. The van der Waals surface area contributed by atoms with Crippen LogP contribution < -0.4 is 25.6 Å². The van der Waals surface area contributed by atoms with Gasteiger partial charge in [-0.15, -0.1) is 0 Å². The molecular formula is C26H26ClFN4O3. The monoisotopic (exact) mass is 496 g/mol. The van der Waals surface area contributed by atoms with Gasteiger partial charge in [0, 0.05) is 31.5 Å². The Hall–Kier alpha value is -3.78. The van der Waals surface area contributed by atoms with Gasteiger partial charge in [0.1, 0.15) is 17.3 Å². The maximum absolute atomic E-state index is 13.8. The summed E-state index contributed by atoms with van der Waals surface area (Å²) in [6, 6.07) is 15.7. The minimum atomic E-state index is -0.635. The highest BCUT2D eigenvalue weighted by Crippen LogP contribution is 2.31. The van der Waals surface area contributed by atoms with Crippen LogP contribution >= 0.6 is 11.6 Å². The van der Waals surface area contributed by atoms with Crippen molar-refractivity contribution in [3.05, 3.63) is 77.1 Å². The lowest BCUT2D eigenvalue weighted by atomic mass is 10.1. The molecule has 0 aliphatic carbocycles. The number of hydrogen-bond donors (Lipinski definition) is 3. The molecule has 0 saturated carbocycles. The second kappa shape index (κ2) is 11.1. The number of amides is 3. The Labute approximate surface area is 208 Å². The average molecular weight is 497 g/mol. The minimum Gasteiger partial charge on any atom is -0.457 e. The van der Waals surface area contributed by atoms with Crippen LogP contribution in [0.25, 0.3) is 0 Å². The summed E-state index contributed by atoms with van der Waals surface area (Å²) in [4.78, 5) is 26.5. The second-order valence-electron chi connectivity index (χ2n) is 8.14. The maximum atomic E-state index is 13.8. The molecule has 4 rings (SSSR count). The molecule has 0 aromatic heterocycles. The third-order valence-corrected chi connectivity index (χ3v) is 5.96. The summed E-state index contributed by atoms with van der Waals surface area (Å²) in [5.41, 5.74) is 2.02. The Balaban J connectivity index is 1.34. The topological polar surface area (TPSA) is 82.7 Å². The zero-order chi connectivity index (χ0) is 24.8. The Kier molecular flexibility index (Phi) is 7.72. The van der Waals surface area contributed by atoms with Crippen LogP contribution in [-0.2, 0) is 0 Å². The number of benzene rings is 3. The van der Waals surface area contributed by atoms with Crippen LogP contribution in [-0.4, -0.2) is 32.1 Å². The second-order valence-corrected chi connectivity index (χ2v) is 8.55. The number of carbonyl (C=O) groups excluding carboxylic acids is 2. The summed E-state index contributed by atoms with van der Waals surface area (Å²) in [5, 5.41) is 8.53. The summed E-state index contributed by atoms with van der Waals surface area (Å²) in [5.74, 6) is -0.399. The molecule has 1 saturated heterocycles. The van der Waals surface area contributed by atoms with Crippen LogP contribution in [0, 0.1) is 5.82 Å². The van der Waals surface area contributed by atoms with E-state index < -0.39 is 17.8 Å². The van der Waals surface area contributed by atoms with Gasteiger partial charge >= 0.3 is 6.03 Å². The van der Waals surface area contributed by atoms with Crippen molar-refractivity contribution < 1.29 is 18.7 Å². The van der Waals surface area contributed by atoms with Crippen LogP contribution in [0.5, 0.6) is 11.5 Å². The van der Waals surface area contributed by atoms with Crippen molar-refractivity contribution >= 4 is 40.6 Å². The molecule has 1 fully saturated rings. The molecule has 3 aromatic carbocycles. The van der Waals surface area contributed by atoms with E-state index in [1.165, 1.54) is 31.7 Å². The molecule has 0 unspecified atom stereocenters. The first-order chi connectivity index (χ1) is 16.9. The van der Waals surface area contributed by atoms with E-state index in [0.717, 1.165) is 31.6 Å². The molecule has 0 bridgehead atoms. The van der Waals surface area contributed by atoms with E-state index in [1.807, 2.05) is 12.1 Å². The molecule has 7 nitrogen and oxygen atoms in total. The molecule has 1 heterocycles. The number of piperidine rings is 1. The van der Waals surface area contributed by atoms with Gasteiger partial charge in [-0.3, -0.25) is 4.79 Å². The van der Waals surface area contributed by atoms with Crippen LogP contribution in [0.4, 0.5) is 26.2 Å². The van der Waals surface area contributed by atoms with Gasteiger partial charge in [0.05, 0.1) is 16.3 Å². The van der Waals surface area contributed by atoms with Crippen molar-refractivity contribution in [1.29, 1.82) is 0 Å². The highest BCUT2D eigenvalue weighted by atomic mass is 35.5. The first-order valence-electron chi connectivity index (χ1n) is 11.3. The van der Waals surface area contributed by atoms with E-state index in [1.54, 1.807) is 30.3 Å².